The molecule has 1 N–H and O–H groups in total. The summed E-state index contributed by atoms with van der Waals surface area (Å²) in [4.78, 5) is 8.45. The predicted octanol–water partition coefficient (Wildman–Crippen LogP) is 2.87. The first-order chi connectivity index (χ1) is 8.61. The maximum Gasteiger partial charge on any atom is 0.224 e. The van der Waals surface area contributed by atoms with Gasteiger partial charge >= 0.3 is 0 Å². The van der Waals surface area contributed by atoms with Crippen molar-refractivity contribution in [1.29, 1.82) is 0 Å². The molecular weight excluding hydrogens is 250 g/mol. The molecule has 0 bridgehead atoms. The summed E-state index contributed by atoms with van der Waals surface area (Å²) in [5.74, 6) is 1.52. The molecule has 6 heteroatoms. The Morgan fingerprint density at radius 2 is 2.22 bits per heavy atom. The second-order valence-corrected chi connectivity index (χ2v) is 4.64. The van der Waals surface area contributed by atoms with Gasteiger partial charge in [-0.15, -0.1) is 0 Å². The van der Waals surface area contributed by atoms with Crippen LogP contribution in [0.3, 0.4) is 0 Å². The Bertz CT molecular complexity index is 535. The third kappa shape index (κ3) is 2.61. The van der Waals surface area contributed by atoms with Gasteiger partial charge in [0, 0.05) is 12.7 Å². The van der Waals surface area contributed by atoms with Crippen molar-refractivity contribution in [2.24, 2.45) is 0 Å². The van der Waals surface area contributed by atoms with Gasteiger partial charge in [0.1, 0.15) is 5.02 Å². The largest absolute Gasteiger partial charge is 0.354 e. The van der Waals surface area contributed by atoms with E-state index >= 15 is 0 Å². The molecule has 0 saturated heterocycles. The van der Waals surface area contributed by atoms with Gasteiger partial charge < -0.3 is 5.32 Å². The number of nitrogens with one attached hydrogen (secondary N) is 1. The first kappa shape index (κ1) is 12.8. The van der Waals surface area contributed by atoms with E-state index in [1.807, 2.05) is 19.2 Å². The van der Waals surface area contributed by atoms with Crippen LogP contribution in [0.4, 0.5) is 5.95 Å². The summed E-state index contributed by atoms with van der Waals surface area (Å²) in [5.41, 5.74) is 1.01. The smallest absolute Gasteiger partial charge is 0.224 e. The van der Waals surface area contributed by atoms with Crippen LogP contribution < -0.4 is 5.32 Å². The monoisotopic (exact) mass is 265 g/mol. The Morgan fingerprint density at radius 3 is 2.83 bits per heavy atom. The molecule has 2 aromatic heterocycles. The average molecular weight is 266 g/mol. The summed E-state index contributed by atoms with van der Waals surface area (Å²) in [5, 5.41) is 7.99. The maximum absolute atomic E-state index is 6.11. The Labute approximate surface area is 111 Å². The van der Waals surface area contributed by atoms with Gasteiger partial charge in [-0.05, 0) is 18.9 Å². The molecule has 0 aromatic carbocycles. The van der Waals surface area contributed by atoms with E-state index in [1.54, 1.807) is 10.9 Å². The lowest BCUT2D eigenvalue weighted by atomic mass is 10.1. The Balaban J connectivity index is 2.38. The molecule has 2 rings (SSSR count). The van der Waals surface area contributed by atoms with E-state index in [0.717, 1.165) is 12.2 Å². The van der Waals surface area contributed by atoms with Crippen LogP contribution in [0.1, 0.15) is 32.4 Å². The zero-order chi connectivity index (χ0) is 13.1. The average Bonchev–Trinajstić information content (AvgIpc) is 2.81. The number of rotatable bonds is 4. The molecule has 0 radical (unpaired) electrons. The normalized spacial score (nSPS) is 10.9. The van der Waals surface area contributed by atoms with Crippen LogP contribution in [0.15, 0.2) is 18.5 Å². The standard InChI is InChI=1S/C12H16ClN5/c1-4-14-12-15-7-9(13)11(16-12)18-6-5-10(17-18)8(2)3/h5-8H,4H2,1-3H3,(H,14,15,16). The number of anilines is 1. The first-order valence-electron chi connectivity index (χ1n) is 5.94. The van der Waals surface area contributed by atoms with Crippen molar-refractivity contribution in [2.45, 2.75) is 26.7 Å². The summed E-state index contributed by atoms with van der Waals surface area (Å²) in [6, 6.07) is 1.97. The van der Waals surface area contributed by atoms with Crippen molar-refractivity contribution in [3.63, 3.8) is 0 Å². The topological polar surface area (TPSA) is 55.6 Å². The number of hydrogen-bond acceptors (Lipinski definition) is 4. The lowest BCUT2D eigenvalue weighted by Gasteiger charge is -2.06. The Morgan fingerprint density at radius 1 is 1.44 bits per heavy atom. The van der Waals surface area contributed by atoms with Crippen LogP contribution in [0.5, 0.6) is 0 Å². The minimum absolute atomic E-state index is 0.375. The van der Waals surface area contributed by atoms with Gasteiger partial charge in [0.05, 0.1) is 11.9 Å². The van der Waals surface area contributed by atoms with E-state index in [-0.39, 0.29) is 0 Å². The van der Waals surface area contributed by atoms with Crippen molar-refractivity contribution < 1.29 is 0 Å². The van der Waals surface area contributed by atoms with Crippen molar-refractivity contribution >= 4 is 17.5 Å². The third-order valence-electron chi connectivity index (χ3n) is 2.48. The molecule has 0 spiro atoms. The highest BCUT2D eigenvalue weighted by molar-refractivity contribution is 6.32. The van der Waals surface area contributed by atoms with E-state index in [1.165, 1.54) is 0 Å². The van der Waals surface area contributed by atoms with Gasteiger partial charge in [0.25, 0.3) is 0 Å². The lowest BCUT2D eigenvalue weighted by molar-refractivity contribution is 0.756. The summed E-state index contributed by atoms with van der Waals surface area (Å²) < 4.78 is 1.68. The molecule has 0 saturated carbocycles. The van der Waals surface area contributed by atoms with Crippen molar-refractivity contribution in [1.82, 2.24) is 19.7 Å². The van der Waals surface area contributed by atoms with Gasteiger partial charge in [-0.2, -0.15) is 10.1 Å². The van der Waals surface area contributed by atoms with E-state index < -0.39 is 0 Å². The predicted molar refractivity (Wildman–Crippen MR) is 72.4 cm³/mol. The minimum Gasteiger partial charge on any atom is -0.354 e. The van der Waals surface area contributed by atoms with Crippen LogP contribution in [0.2, 0.25) is 5.02 Å². The highest BCUT2D eigenvalue weighted by Gasteiger charge is 2.10. The van der Waals surface area contributed by atoms with Crippen LogP contribution in [0.25, 0.3) is 5.82 Å². The van der Waals surface area contributed by atoms with Crippen LogP contribution in [-0.2, 0) is 0 Å². The molecule has 18 heavy (non-hydrogen) atoms. The summed E-state index contributed by atoms with van der Waals surface area (Å²) in [6.07, 6.45) is 3.44. The fourth-order valence-electron chi connectivity index (χ4n) is 1.53. The molecule has 2 aromatic rings. The number of nitrogens with zero attached hydrogens (tertiary/aromatic N) is 4. The second-order valence-electron chi connectivity index (χ2n) is 4.24. The van der Waals surface area contributed by atoms with Crippen LogP contribution >= 0.6 is 11.6 Å². The fourth-order valence-corrected chi connectivity index (χ4v) is 1.70. The highest BCUT2D eigenvalue weighted by atomic mass is 35.5. The number of hydrogen-bond donors (Lipinski definition) is 1. The molecule has 0 amide bonds. The van der Waals surface area contributed by atoms with E-state index in [0.29, 0.717) is 22.7 Å². The first-order valence-corrected chi connectivity index (χ1v) is 6.32. The fraction of sp³-hybridized carbons (Fsp3) is 0.417. The number of aromatic nitrogens is 4. The molecule has 96 valence electrons. The van der Waals surface area contributed by atoms with Gasteiger partial charge in [0.15, 0.2) is 5.82 Å². The summed E-state index contributed by atoms with van der Waals surface area (Å²) in [7, 11) is 0. The van der Waals surface area contributed by atoms with Crippen LogP contribution in [-0.4, -0.2) is 26.3 Å². The molecule has 5 nitrogen and oxygen atoms in total. The zero-order valence-electron chi connectivity index (χ0n) is 10.7. The van der Waals surface area contributed by atoms with Crippen molar-refractivity contribution in [3.8, 4) is 5.82 Å². The van der Waals surface area contributed by atoms with Gasteiger partial charge in [-0.3, -0.25) is 0 Å². The second kappa shape index (κ2) is 5.35. The Kier molecular flexibility index (Phi) is 3.81. The highest BCUT2D eigenvalue weighted by Crippen LogP contribution is 2.19. The maximum atomic E-state index is 6.11. The molecule has 0 aliphatic heterocycles. The molecule has 0 aliphatic carbocycles. The molecule has 0 atom stereocenters. The summed E-state index contributed by atoms with van der Waals surface area (Å²) in [6.45, 7) is 6.94. The van der Waals surface area contributed by atoms with Crippen molar-refractivity contribution in [3.05, 3.63) is 29.2 Å². The summed E-state index contributed by atoms with van der Waals surface area (Å²) >= 11 is 6.11. The molecule has 2 heterocycles. The number of halogens is 1. The van der Waals surface area contributed by atoms with E-state index in [9.17, 15) is 0 Å². The minimum atomic E-state index is 0.375. The van der Waals surface area contributed by atoms with E-state index in [4.69, 9.17) is 11.6 Å². The third-order valence-corrected chi connectivity index (χ3v) is 2.75. The zero-order valence-corrected chi connectivity index (χ0v) is 11.4. The van der Waals surface area contributed by atoms with Gasteiger partial charge in [0.2, 0.25) is 5.95 Å². The van der Waals surface area contributed by atoms with Crippen molar-refractivity contribution in [2.75, 3.05) is 11.9 Å². The molecule has 0 aliphatic rings. The molecular formula is C12H16ClN5. The quantitative estimate of drug-likeness (QED) is 0.924. The molecule has 0 unspecified atom stereocenters. The van der Waals surface area contributed by atoms with E-state index in [2.05, 4.69) is 34.2 Å². The van der Waals surface area contributed by atoms with Gasteiger partial charge in [-0.25, -0.2) is 9.67 Å². The molecule has 0 fully saturated rings. The SMILES string of the molecule is CCNc1ncc(Cl)c(-n2ccc(C(C)C)n2)n1. The van der Waals surface area contributed by atoms with Crippen LogP contribution in [0, 0.1) is 0 Å². The lowest BCUT2D eigenvalue weighted by Crippen LogP contribution is -2.07. The Hall–Kier alpha value is -1.62. The van der Waals surface area contributed by atoms with Gasteiger partial charge in [-0.1, -0.05) is 25.4 Å².